The summed E-state index contributed by atoms with van der Waals surface area (Å²) < 4.78 is 0. The van der Waals surface area contributed by atoms with E-state index in [2.05, 4.69) is 19.2 Å². The molecule has 13 heavy (non-hydrogen) atoms. The van der Waals surface area contributed by atoms with Crippen LogP contribution in [0.5, 0.6) is 0 Å². The van der Waals surface area contributed by atoms with Gasteiger partial charge < -0.3 is 5.32 Å². The Kier molecular flexibility index (Phi) is 7.76. The van der Waals surface area contributed by atoms with Gasteiger partial charge in [0.2, 0.25) is 5.91 Å². The minimum atomic E-state index is 0.202. The molecular formula is C11H23NO. The van der Waals surface area contributed by atoms with Crippen LogP contribution < -0.4 is 5.32 Å². The Bertz CT molecular complexity index is 130. The summed E-state index contributed by atoms with van der Waals surface area (Å²) in [6.45, 7) is 7.30. The Balaban J connectivity index is 3.37. The fraction of sp³-hybridized carbons (Fsp3) is 0.909. The van der Waals surface area contributed by atoms with E-state index < -0.39 is 0 Å². The molecule has 0 radical (unpaired) electrons. The molecule has 0 heterocycles. The van der Waals surface area contributed by atoms with E-state index in [1.54, 1.807) is 0 Å². The Hall–Kier alpha value is -0.530. The van der Waals surface area contributed by atoms with Gasteiger partial charge in [0.1, 0.15) is 0 Å². The van der Waals surface area contributed by atoms with Crippen LogP contribution in [0.3, 0.4) is 0 Å². The normalized spacial score (nSPS) is 10.5. The first-order valence-electron chi connectivity index (χ1n) is 5.51. The molecule has 1 amide bonds. The quantitative estimate of drug-likeness (QED) is 0.649. The van der Waals surface area contributed by atoms with Crippen molar-refractivity contribution in [3.63, 3.8) is 0 Å². The summed E-state index contributed by atoms with van der Waals surface area (Å²) in [7, 11) is 0. The second kappa shape index (κ2) is 8.09. The Morgan fingerprint density at radius 3 is 2.31 bits per heavy atom. The molecule has 0 atom stereocenters. The minimum absolute atomic E-state index is 0.202. The summed E-state index contributed by atoms with van der Waals surface area (Å²) in [4.78, 5) is 11.1. The maximum absolute atomic E-state index is 11.1. The van der Waals surface area contributed by atoms with Gasteiger partial charge in [-0.15, -0.1) is 0 Å². The highest BCUT2D eigenvalue weighted by Gasteiger charge is 2.03. The average Bonchev–Trinajstić information content (AvgIpc) is 2.13. The predicted octanol–water partition coefficient (Wildman–Crippen LogP) is 2.73. The summed E-state index contributed by atoms with van der Waals surface area (Å²) in [5.41, 5.74) is 0. The zero-order chi connectivity index (χ0) is 10.1. The maximum Gasteiger partial charge on any atom is 0.219 e. The van der Waals surface area contributed by atoms with Crippen LogP contribution in [0.4, 0.5) is 0 Å². The van der Waals surface area contributed by atoms with Gasteiger partial charge in [-0.2, -0.15) is 0 Å². The Morgan fingerprint density at radius 1 is 1.23 bits per heavy atom. The van der Waals surface area contributed by atoms with Crippen LogP contribution in [0.2, 0.25) is 0 Å². The third kappa shape index (κ3) is 6.62. The first kappa shape index (κ1) is 12.5. The molecule has 0 aliphatic heterocycles. The van der Waals surface area contributed by atoms with Crippen LogP contribution in [0.1, 0.15) is 52.9 Å². The van der Waals surface area contributed by atoms with Gasteiger partial charge in [-0.25, -0.2) is 0 Å². The molecular weight excluding hydrogens is 162 g/mol. The van der Waals surface area contributed by atoms with Crippen molar-refractivity contribution in [2.24, 2.45) is 5.92 Å². The Morgan fingerprint density at radius 2 is 1.85 bits per heavy atom. The summed E-state index contributed by atoms with van der Waals surface area (Å²) in [6, 6.07) is 0. The lowest BCUT2D eigenvalue weighted by molar-refractivity contribution is -0.121. The summed E-state index contributed by atoms with van der Waals surface area (Å²) in [5, 5.41) is 2.94. The summed E-state index contributed by atoms with van der Waals surface area (Å²) in [6.07, 6.45) is 5.18. The van der Waals surface area contributed by atoms with Crippen molar-refractivity contribution in [2.45, 2.75) is 52.9 Å². The molecule has 0 saturated heterocycles. The number of hydrogen-bond acceptors (Lipinski definition) is 1. The van der Waals surface area contributed by atoms with Crippen LogP contribution in [-0.2, 0) is 4.79 Å². The van der Waals surface area contributed by atoms with Gasteiger partial charge >= 0.3 is 0 Å². The van der Waals surface area contributed by atoms with Crippen molar-refractivity contribution >= 4 is 5.91 Å². The SMILES string of the molecule is CCCC(=O)NCCC(CC)CC. The fourth-order valence-electron chi connectivity index (χ4n) is 1.43. The summed E-state index contributed by atoms with van der Waals surface area (Å²) >= 11 is 0. The largest absolute Gasteiger partial charge is 0.356 e. The predicted molar refractivity (Wildman–Crippen MR) is 56.6 cm³/mol. The molecule has 78 valence electrons. The van der Waals surface area contributed by atoms with E-state index in [0.29, 0.717) is 6.42 Å². The zero-order valence-corrected chi connectivity index (χ0v) is 9.23. The van der Waals surface area contributed by atoms with Crippen molar-refractivity contribution in [1.82, 2.24) is 5.32 Å². The molecule has 1 N–H and O–H groups in total. The number of carbonyl (C=O) groups excluding carboxylic acids is 1. The van der Waals surface area contributed by atoms with Crippen LogP contribution in [0, 0.1) is 5.92 Å². The minimum Gasteiger partial charge on any atom is -0.356 e. The standard InChI is InChI=1S/C11H23NO/c1-4-7-11(13)12-9-8-10(5-2)6-3/h10H,4-9H2,1-3H3,(H,12,13). The van der Waals surface area contributed by atoms with E-state index in [0.717, 1.165) is 25.3 Å². The highest BCUT2D eigenvalue weighted by Crippen LogP contribution is 2.10. The fourth-order valence-corrected chi connectivity index (χ4v) is 1.43. The smallest absolute Gasteiger partial charge is 0.219 e. The van der Waals surface area contributed by atoms with Gasteiger partial charge in [0.25, 0.3) is 0 Å². The van der Waals surface area contributed by atoms with Gasteiger partial charge in [0.05, 0.1) is 0 Å². The molecule has 0 aliphatic rings. The molecule has 2 heteroatoms. The highest BCUT2D eigenvalue weighted by atomic mass is 16.1. The lowest BCUT2D eigenvalue weighted by Crippen LogP contribution is -2.25. The van der Waals surface area contributed by atoms with Gasteiger partial charge in [-0.1, -0.05) is 33.6 Å². The first-order valence-corrected chi connectivity index (χ1v) is 5.51. The second-order valence-electron chi connectivity index (χ2n) is 3.57. The third-order valence-electron chi connectivity index (χ3n) is 2.51. The molecule has 0 aromatic rings. The monoisotopic (exact) mass is 185 g/mol. The topological polar surface area (TPSA) is 29.1 Å². The van der Waals surface area contributed by atoms with Gasteiger partial charge in [0.15, 0.2) is 0 Å². The molecule has 0 spiro atoms. The maximum atomic E-state index is 11.1. The molecule has 0 fully saturated rings. The zero-order valence-electron chi connectivity index (χ0n) is 9.23. The van der Waals surface area contributed by atoms with Crippen LogP contribution >= 0.6 is 0 Å². The van der Waals surface area contributed by atoms with E-state index >= 15 is 0 Å². The van der Waals surface area contributed by atoms with E-state index in [9.17, 15) is 4.79 Å². The molecule has 0 rings (SSSR count). The molecule has 0 aliphatic carbocycles. The molecule has 0 bridgehead atoms. The van der Waals surface area contributed by atoms with Gasteiger partial charge in [-0.3, -0.25) is 4.79 Å². The van der Waals surface area contributed by atoms with Crippen molar-refractivity contribution in [2.75, 3.05) is 6.54 Å². The third-order valence-corrected chi connectivity index (χ3v) is 2.51. The molecule has 0 unspecified atom stereocenters. The van der Waals surface area contributed by atoms with Gasteiger partial charge in [-0.05, 0) is 18.8 Å². The van der Waals surface area contributed by atoms with E-state index in [-0.39, 0.29) is 5.91 Å². The van der Waals surface area contributed by atoms with Crippen molar-refractivity contribution in [3.05, 3.63) is 0 Å². The number of nitrogens with one attached hydrogen (secondary N) is 1. The van der Waals surface area contributed by atoms with Crippen LogP contribution in [-0.4, -0.2) is 12.5 Å². The molecule has 0 saturated carbocycles. The number of rotatable bonds is 7. The number of hydrogen-bond donors (Lipinski definition) is 1. The van der Waals surface area contributed by atoms with Crippen LogP contribution in [0.15, 0.2) is 0 Å². The number of carbonyl (C=O) groups is 1. The average molecular weight is 185 g/mol. The molecule has 0 aromatic carbocycles. The van der Waals surface area contributed by atoms with E-state index in [1.165, 1.54) is 12.8 Å². The number of amides is 1. The molecule has 2 nitrogen and oxygen atoms in total. The Labute approximate surface area is 82.1 Å². The highest BCUT2D eigenvalue weighted by molar-refractivity contribution is 5.75. The lowest BCUT2D eigenvalue weighted by Gasteiger charge is -2.12. The van der Waals surface area contributed by atoms with Crippen molar-refractivity contribution < 1.29 is 4.79 Å². The lowest BCUT2D eigenvalue weighted by atomic mass is 10.00. The second-order valence-corrected chi connectivity index (χ2v) is 3.57. The van der Waals surface area contributed by atoms with Crippen LogP contribution in [0.25, 0.3) is 0 Å². The van der Waals surface area contributed by atoms with Crippen molar-refractivity contribution in [3.8, 4) is 0 Å². The summed E-state index contributed by atoms with van der Waals surface area (Å²) in [5.74, 6) is 0.982. The van der Waals surface area contributed by atoms with E-state index in [1.807, 2.05) is 6.92 Å². The van der Waals surface area contributed by atoms with Gasteiger partial charge in [0, 0.05) is 13.0 Å². The van der Waals surface area contributed by atoms with Crippen molar-refractivity contribution in [1.29, 1.82) is 0 Å². The first-order chi connectivity index (χ1) is 6.24. The molecule has 0 aromatic heterocycles. The van der Waals surface area contributed by atoms with E-state index in [4.69, 9.17) is 0 Å².